The minimum atomic E-state index is -0.630. The highest BCUT2D eigenvalue weighted by Gasteiger charge is 2.20. The van der Waals surface area contributed by atoms with Crippen molar-refractivity contribution in [2.45, 2.75) is 6.92 Å². The van der Waals surface area contributed by atoms with Crippen LogP contribution in [0.3, 0.4) is 0 Å². The van der Waals surface area contributed by atoms with E-state index >= 15 is 0 Å². The first-order valence-corrected chi connectivity index (χ1v) is 5.66. The molecule has 0 heterocycles. The molecule has 100 valence electrons. The SMILES string of the molecule is CCN(C)C(=O)CNc1cccc(C#N)c1[N+](=O)[O-]. The molecule has 0 radical (unpaired) electrons. The highest BCUT2D eigenvalue weighted by Crippen LogP contribution is 2.27. The number of anilines is 1. The third-order valence-corrected chi connectivity index (χ3v) is 2.67. The smallest absolute Gasteiger partial charge is 0.309 e. The summed E-state index contributed by atoms with van der Waals surface area (Å²) in [5.41, 5.74) is -0.176. The summed E-state index contributed by atoms with van der Waals surface area (Å²) >= 11 is 0. The van der Waals surface area contributed by atoms with Crippen LogP contribution in [-0.2, 0) is 4.79 Å². The molecule has 19 heavy (non-hydrogen) atoms. The lowest BCUT2D eigenvalue weighted by molar-refractivity contribution is -0.384. The van der Waals surface area contributed by atoms with Crippen molar-refractivity contribution in [3.05, 3.63) is 33.9 Å². The Morgan fingerprint density at radius 2 is 2.26 bits per heavy atom. The van der Waals surface area contributed by atoms with E-state index in [1.807, 2.05) is 6.92 Å². The number of hydrogen-bond donors (Lipinski definition) is 1. The van der Waals surface area contributed by atoms with E-state index in [-0.39, 0.29) is 29.4 Å². The van der Waals surface area contributed by atoms with Crippen LogP contribution in [0.4, 0.5) is 11.4 Å². The number of benzene rings is 1. The first kappa shape index (κ1) is 14.4. The fourth-order valence-corrected chi connectivity index (χ4v) is 1.46. The first-order valence-electron chi connectivity index (χ1n) is 5.66. The molecular weight excluding hydrogens is 248 g/mol. The lowest BCUT2D eigenvalue weighted by Crippen LogP contribution is -2.32. The van der Waals surface area contributed by atoms with Gasteiger partial charge in [0.2, 0.25) is 5.91 Å². The molecule has 0 saturated carbocycles. The Bertz CT molecular complexity index is 536. The van der Waals surface area contributed by atoms with E-state index in [2.05, 4.69) is 5.32 Å². The van der Waals surface area contributed by atoms with E-state index in [1.54, 1.807) is 13.1 Å². The molecule has 7 heteroatoms. The van der Waals surface area contributed by atoms with Gasteiger partial charge in [0.1, 0.15) is 17.3 Å². The van der Waals surface area contributed by atoms with E-state index in [1.165, 1.54) is 23.1 Å². The second-order valence-corrected chi connectivity index (χ2v) is 3.83. The zero-order valence-corrected chi connectivity index (χ0v) is 10.7. The summed E-state index contributed by atoms with van der Waals surface area (Å²) in [6, 6.07) is 6.13. The van der Waals surface area contributed by atoms with Crippen LogP contribution in [0.1, 0.15) is 12.5 Å². The number of rotatable bonds is 5. The highest BCUT2D eigenvalue weighted by molar-refractivity contribution is 5.82. The third-order valence-electron chi connectivity index (χ3n) is 2.67. The number of nitrogens with zero attached hydrogens (tertiary/aromatic N) is 3. The Morgan fingerprint density at radius 3 is 2.79 bits per heavy atom. The van der Waals surface area contributed by atoms with Crippen LogP contribution < -0.4 is 5.32 Å². The van der Waals surface area contributed by atoms with Crippen LogP contribution in [0.15, 0.2) is 18.2 Å². The van der Waals surface area contributed by atoms with Crippen molar-refractivity contribution < 1.29 is 9.72 Å². The van der Waals surface area contributed by atoms with Crippen molar-refractivity contribution in [2.75, 3.05) is 25.5 Å². The van der Waals surface area contributed by atoms with E-state index in [0.717, 1.165) is 0 Å². The average molecular weight is 262 g/mol. The summed E-state index contributed by atoms with van der Waals surface area (Å²) in [6.45, 7) is 2.33. The Morgan fingerprint density at radius 1 is 1.58 bits per heavy atom. The van der Waals surface area contributed by atoms with Gasteiger partial charge in [0.15, 0.2) is 0 Å². The van der Waals surface area contributed by atoms with E-state index in [4.69, 9.17) is 5.26 Å². The van der Waals surface area contributed by atoms with Crippen molar-refractivity contribution >= 4 is 17.3 Å². The van der Waals surface area contributed by atoms with Crippen LogP contribution in [0.25, 0.3) is 0 Å². The third kappa shape index (κ3) is 3.42. The van der Waals surface area contributed by atoms with Gasteiger partial charge < -0.3 is 10.2 Å². The number of nitro benzene ring substituents is 1. The number of nitriles is 1. The average Bonchev–Trinajstić information content (AvgIpc) is 2.42. The van der Waals surface area contributed by atoms with Crippen molar-refractivity contribution in [1.29, 1.82) is 5.26 Å². The minimum Gasteiger partial charge on any atom is -0.371 e. The molecule has 0 bridgehead atoms. The highest BCUT2D eigenvalue weighted by atomic mass is 16.6. The molecule has 0 aliphatic carbocycles. The molecule has 0 aliphatic heterocycles. The molecule has 0 spiro atoms. The van der Waals surface area contributed by atoms with Crippen molar-refractivity contribution in [3.63, 3.8) is 0 Å². The number of carbonyl (C=O) groups excluding carboxylic acids is 1. The molecule has 0 saturated heterocycles. The van der Waals surface area contributed by atoms with Gasteiger partial charge in [-0.2, -0.15) is 5.26 Å². The number of hydrogen-bond acceptors (Lipinski definition) is 5. The molecule has 0 fully saturated rings. The lowest BCUT2D eigenvalue weighted by atomic mass is 10.1. The van der Waals surface area contributed by atoms with Gasteiger partial charge in [0, 0.05) is 13.6 Å². The van der Waals surface area contributed by atoms with E-state index in [0.29, 0.717) is 6.54 Å². The zero-order chi connectivity index (χ0) is 14.4. The van der Waals surface area contributed by atoms with E-state index < -0.39 is 4.92 Å². The second-order valence-electron chi connectivity index (χ2n) is 3.83. The van der Waals surface area contributed by atoms with E-state index in [9.17, 15) is 14.9 Å². The fourth-order valence-electron chi connectivity index (χ4n) is 1.46. The van der Waals surface area contributed by atoms with Gasteiger partial charge in [-0.15, -0.1) is 0 Å². The maximum absolute atomic E-state index is 11.6. The van der Waals surface area contributed by atoms with Gasteiger partial charge in [0.25, 0.3) is 0 Å². The van der Waals surface area contributed by atoms with Gasteiger partial charge in [-0.3, -0.25) is 14.9 Å². The van der Waals surface area contributed by atoms with Gasteiger partial charge in [0.05, 0.1) is 11.5 Å². The summed E-state index contributed by atoms with van der Waals surface area (Å²) in [5.74, 6) is -0.181. The van der Waals surface area contributed by atoms with Crippen LogP contribution in [0.2, 0.25) is 0 Å². The Balaban J connectivity index is 2.94. The van der Waals surface area contributed by atoms with Crippen LogP contribution >= 0.6 is 0 Å². The Kier molecular flexibility index (Phi) is 4.83. The van der Waals surface area contributed by atoms with Crippen LogP contribution in [-0.4, -0.2) is 35.9 Å². The standard InChI is InChI=1S/C12H14N4O3/c1-3-15(2)11(17)8-14-10-6-4-5-9(7-13)12(10)16(18)19/h4-6,14H,3,8H2,1-2H3. The molecule has 0 aliphatic rings. The number of carbonyl (C=O) groups is 1. The minimum absolute atomic E-state index is 0.0358. The second kappa shape index (κ2) is 6.35. The summed E-state index contributed by atoms with van der Waals surface area (Å²) in [7, 11) is 1.64. The van der Waals surface area contributed by atoms with Gasteiger partial charge in [-0.1, -0.05) is 6.07 Å². The largest absolute Gasteiger partial charge is 0.371 e. The van der Waals surface area contributed by atoms with Crippen LogP contribution in [0, 0.1) is 21.4 Å². The lowest BCUT2D eigenvalue weighted by Gasteiger charge is -2.15. The van der Waals surface area contributed by atoms with Gasteiger partial charge in [-0.05, 0) is 19.1 Å². The number of amides is 1. The molecule has 0 aromatic heterocycles. The quantitative estimate of drug-likeness (QED) is 0.638. The summed E-state index contributed by atoms with van der Waals surface area (Å²) in [5, 5.41) is 22.5. The zero-order valence-electron chi connectivity index (χ0n) is 10.7. The normalized spacial score (nSPS) is 9.53. The van der Waals surface area contributed by atoms with Crippen molar-refractivity contribution in [3.8, 4) is 6.07 Å². The molecule has 1 aromatic rings. The molecule has 0 atom stereocenters. The first-order chi connectivity index (χ1) is 9.01. The molecule has 1 aromatic carbocycles. The topological polar surface area (TPSA) is 99.3 Å². The molecular formula is C12H14N4O3. The Hall–Kier alpha value is -2.62. The van der Waals surface area contributed by atoms with Crippen LogP contribution in [0.5, 0.6) is 0 Å². The molecule has 1 N–H and O–H groups in total. The number of nitrogens with one attached hydrogen (secondary N) is 1. The maximum Gasteiger partial charge on any atom is 0.309 e. The molecule has 1 amide bonds. The summed E-state index contributed by atoms with van der Waals surface area (Å²) in [4.78, 5) is 23.4. The number of likely N-dealkylation sites (N-methyl/N-ethyl adjacent to an activating group) is 1. The predicted molar refractivity (Wildman–Crippen MR) is 69.6 cm³/mol. The monoisotopic (exact) mass is 262 g/mol. The predicted octanol–water partition coefficient (Wildman–Crippen LogP) is 1.36. The molecule has 0 unspecified atom stereocenters. The summed E-state index contributed by atoms with van der Waals surface area (Å²) < 4.78 is 0. The Labute approximate surface area is 110 Å². The van der Waals surface area contributed by atoms with Crippen molar-refractivity contribution in [1.82, 2.24) is 4.90 Å². The number of nitro groups is 1. The van der Waals surface area contributed by atoms with Crippen molar-refractivity contribution in [2.24, 2.45) is 0 Å². The maximum atomic E-state index is 11.6. The van der Waals surface area contributed by atoms with Gasteiger partial charge in [-0.25, -0.2) is 0 Å². The van der Waals surface area contributed by atoms with Gasteiger partial charge >= 0.3 is 5.69 Å². The number of para-hydroxylation sites is 1. The fraction of sp³-hybridized carbons (Fsp3) is 0.333. The molecule has 7 nitrogen and oxygen atoms in total. The summed E-state index contributed by atoms with van der Waals surface area (Å²) in [6.07, 6.45) is 0. The molecule has 1 rings (SSSR count).